The maximum Gasteiger partial charge on any atom is 0.309 e. The number of halogens is 3. The zero-order valence-electron chi connectivity index (χ0n) is 8.45. The number of carboxylic acid groups (broad SMARTS) is 1. The second-order valence-corrected chi connectivity index (χ2v) is 3.70. The molecule has 0 amide bonds. The summed E-state index contributed by atoms with van der Waals surface area (Å²) in [6.45, 7) is 0. The molecular weight excluding hydrogens is 298 g/mol. The quantitative estimate of drug-likeness (QED) is 0.867. The van der Waals surface area contributed by atoms with Crippen LogP contribution in [0, 0.1) is 11.3 Å². The minimum absolute atomic E-state index is 0.235. The number of nitrogens with zero attached hydrogens (tertiary/aromatic N) is 2. The fraction of sp³-hybridized carbons (Fsp3) is 0.300. The van der Waals surface area contributed by atoms with Crippen molar-refractivity contribution in [2.75, 3.05) is 0 Å². The van der Waals surface area contributed by atoms with Crippen LogP contribution in [0.1, 0.15) is 28.9 Å². The average Bonchev–Trinajstić information content (AvgIpc) is 2.26. The molecule has 4 nitrogen and oxygen atoms in total. The van der Waals surface area contributed by atoms with Gasteiger partial charge < -0.3 is 5.11 Å². The van der Waals surface area contributed by atoms with Gasteiger partial charge in [-0.1, -0.05) is 15.9 Å². The first-order valence-corrected chi connectivity index (χ1v) is 5.60. The van der Waals surface area contributed by atoms with E-state index in [1.165, 1.54) is 6.07 Å². The van der Waals surface area contributed by atoms with Gasteiger partial charge in [0.1, 0.15) is 0 Å². The molecule has 7 heteroatoms. The highest BCUT2D eigenvalue weighted by atomic mass is 79.9. The molecule has 0 radical (unpaired) electrons. The predicted octanol–water partition coefficient (Wildman–Crippen LogP) is 2.41. The Morgan fingerprint density at radius 3 is 2.71 bits per heavy atom. The number of nitriles is 1. The normalized spacial score (nSPS) is 10.3. The molecule has 1 aromatic heterocycles. The molecular formula is C10H7BrF2N2O2. The molecule has 0 bridgehead atoms. The summed E-state index contributed by atoms with van der Waals surface area (Å²) < 4.78 is 25.5. The summed E-state index contributed by atoms with van der Waals surface area (Å²) in [6, 6.07) is 2.86. The van der Waals surface area contributed by atoms with Crippen LogP contribution in [0.15, 0.2) is 6.07 Å². The molecule has 0 aromatic carbocycles. The highest BCUT2D eigenvalue weighted by molar-refractivity contribution is 9.08. The van der Waals surface area contributed by atoms with E-state index in [9.17, 15) is 13.6 Å². The van der Waals surface area contributed by atoms with Crippen LogP contribution in [0.5, 0.6) is 0 Å². The lowest BCUT2D eigenvalue weighted by Gasteiger charge is -2.10. The molecule has 90 valence electrons. The van der Waals surface area contributed by atoms with Gasteiger partial charge in [-0.2, -0.15) is 5.26 Å². The zero-order valence-corrected chi connectivity index (χ0v) is 10.0. The van der Waals surface area contributed by atoms with E-state index in [2.05, 4.69) is 20.9 Å². The summed E-state index contributed by atoms with van der Waals surface area (Å²) in [5, 5.41) is 17.7. The standard InChI is InChI=1S/C10H7BrF2N2O2/c11-3-6-1-5(4-14)9(10(12)13)7(15-6)2-8(16)17/h1,10H,2-3H2,(H,16,17). The third-order valence-electron chi connectivity index (χ3n) is 1.98. The number of pyridine rings is 1. The van der Waals surface area contributed by atoms with Crippen LogP contribution in [0.4, 0.5) is 8.78 Å². The Hall–Kier alpha value is -1.55. The van der Waals surface area contributed by atoms with Crippen LogP contribution in [0.2, 0.25) is 0 Å². The second-order valence-electron chi connectivity index (χ2n) is 3.14. The van der Waals surface area contributed by atoms with Gasteiger partial charge in [0.15, 0.2) is 0 Å². The Balaban J connectivity index is 3.41. The number of rotatable bonds is 4. The fourth-order valence-electron chi connectivity index (χ4n) is 1.35. The van der Waals surface area contributed by atoms with Gasteiger partial charge in [0.2, 0.25) is 0 Å². The number of aromatic nitrogens is 1. The first-order valence-electron chi connectivity index (χ1n) is 4.48. The number of alkyl halides is 3. The molecule has 0 spiro atoms. The fourth-order valence-corrected chi connectivity index (χ4v) is 1.64. The molecule has 17 heavy (non-hydrogen) atoms. The number of carbonyl (C=O) groups is 1. The van der Waals surface area contributed by atoms with Crippen LogP contribution in [-0.4, -0.2) is 16.1 Å². The molecule has 0 atom stereocenters. The third kappa shape index (κ3) is 3.20. The molecule has 0 fully saturated rings. The molecule has 1 aromatic rings. The highest BCUT2D eigenvalue weighted by Crippen LogP contribution is 2.27. The first-order chi connectivity index (χ1) is 7.99. The highest BCUT2D eigenvalue weighted by Gasteiger charge is 2.22. The van der Waals surface area contributed by atoms with Crippen LogP contribution >= 0.6 is 15.9 Å². The lowest BCUT2D eigenvalue weighted by atomic mass is 10.0. The maximum atomic E-state index is 12.8. The summed E-state index contributed by atoms with van der Waals surface area (Å²) in [5.41, 5.74) is -0.747. The topological polar surface area (TPSA) is 74.0 Å². The SMILES string of the molecule is N#Cc1cc(CBr)nc(CC(=O)O)c1C(F)F. The molecule has 0 aliphatic rings. The van der Waals surface area contributed by atoms with Crippen molar-refractivity contribution in [1.82, 2.24) is 4.98 Å². The Kier molecular flexibility index (Phi) is 4.52. The van der Waals surface area contributed by atoms with Gasteiger partial charge in [0.05, 0.1) is 35.0 Å². The van der Waals surface area contributed by atoms with Crippen molar-refractivity contribution < 1.29 is 18.7 Å². The van der Waals surface area contributed by atoms with Gasteiger partial charge in [0, 0.05) is 5.33 Å². The third-order valence-corrected chi connectivity index (χ3v) is 2.56. The largest absolute Gasteiger partial charge is 0.481 e. The Morgan fingerprint density at radius 1 is 1.65 bits per heavy atom. The van der Waals surface area contributed by atoms with Gasteiger partial charge in [-0.15, -0.1) is 0 Å². The van der Waals surface area contributed by atoms with Crippen LogP contribution in [0.3, 0.4) is 0 Å². The molecule has 1 rings (SSSR count). The van der Waals surface area contributed by atoms with Crippen molar-refractivity contribution in [2.24, 2.45) is 0 Å². The van der Waals surface area contributed by atoms with Crippen molar-refractivity contribution in [3.8, 4) is 6.07 Å². The molecule has 1 N–H and O–H groups in total. The van der Waals surface area contributed by atoms with Crippen molar-refractivity contribution >= 4 is 21.9 Å². The summed E-state index contributed by atoms with van der Waals surface area (Å²) >= 11 is 3.08. The van der Waals surface area contributed by atoms with E-state index >= 15 is 0 Å². The van der Waals surface area contributed by atoms with Gasteiger partial charge in [0.25, 0.3) is 6.43 Å². The summed E-state index contributed by atoms with van der Waals surface area (Å²) in [6.07, 6.45) is -3.55. The van der Waals surface area contributed by atoms with Gasteiger partial charge in [-0.05, 0) is 6.07 Å². The second kappa shape index (κ2) is 5.68. The predicted molar refractivity (Wildman–Crippen MR) is 57.9 cm³/mol. The van der Waals surface area contributed by atoms with Gasteiger partial charge >= 0.3 is 5.97 Å². The van der Waals surface area contributed by atoms with Crippen LogP contribution in [0.25, 0.3) is 0 Å². The summed E-state index contributed by atoms with van der Waals surface area (Å²) in [4.78, 5) is 14.4. The molecule has 0 aliphatic heterocycles. The van der Waals surface area contributed by atoms with Crippen molar-refractivity contribution in [1.29, 1.82) is 5.26 Å². The van der Waals surface area contributed by atoms with E-state index in [0.717, 1.165) is 0 Å². The number of carboxylic acids is 1. The molecule has 0 saturated heterocycles. The van der Waals surface area contributed by atoms with Crippen molar-refractivity contribution in [3.63, 3.8) is 0 Å². The Bertz CT molecular complexity index is 486. The number of hydrogen-bond donors (Lipinski definition) is 1. The Morgan fingerprint density at radius 2 is 2.29 bits per heavy atom. The molecule has 0 unspecified atom stereocenters. The molecule has 1 heterocycles. The average molecular weight is 305 g/mol. The molecule has 0 aliphatic carbocycles. The monoisotopic (exact) mass is 304 g/mol. The smallest absolute Gasteiger partial charge is 0.309 e. The molecule has 0 saturated carbocycles. The van der Waals surface area contributed by atoms with E-state index in [1.54, 1.807) is 6.07 Å². The number of hydrogen-bond acceptors (Lipinski definition) is 3. The van der Waals surface area contributed by atoms with E-state index in [4.69, 9.17) is 10.4 Å². The van der Waals surface area contributed by atoms with Gasteiger partial charge in [-0.25, -0.2) is 8.78 Å². The maximum absolute atomic E-state index is 12.8. The van der Waals surface area contributed by atoms with Crippen LogP contribution in [-0.2, 0) is 16.5 Å². The first kappa shape index (κ1) is 13.5. The van der Waals surface area contributed by atoms with E-state index in [-0.39, 0.29) is 16.6 Å². The number of aliphatic carboxylic acids is 1. The van der Waals surface area contributed by atoms with E-state index in [1.807, 2.05) is 0 Å². The van der Waals surface area contributed by atoms with Crippen LogP contribution < -0.4 is 0 Å². The summed E-state index contributed by atoms with van der Waals surface area (Å²) in [7, 11) is 0. The minimum Gasteiger partial charge on any atom is -0.481 e. The van der Waals surface area contributed by atoms with E-state index in [0.29, 0.717) is 5.69 Å². The lowest BCUT2D eigenvalue weighted by Crippen LogP contribution is -2.10. The van der Waals surface area contributed by atoms with Crippen molar-refractivity contribution in [3.05, 3.63) is 28.6 Å². The summed E-state index contributed by atoms with van der Waals surface area (Å²) in [5.74, 6) is -1.27. The van der Waals surface area contributed by atoms with E-state index < -0.39 is 24.4 Å². The Labute approximate surface area is 104 Å². The van der Waals surface area contributed by atoms with Gasteiger partial charge in [-0.3, -0.25) is 9.78 Å². The zero-order chi connectivity index (χ0) is 13.0. The minimum atomic E-state index is -2.92. The lowest BCUT2D eigenvalue weighted by molar-refractivity contribution is -0.136. The van der Waals surface area contributed by atoms with Crippen molar-refractivity contribution in [2.45, 2.75) is 18.2 Å².